The Bertz CT molecular complexity index is 722. The van der Waals surface area contributed by atoms with Crippen LogP contribution in [-0.2, 0) is 4.79 Å². The molecule has 2 rings (SSSR count). The minimum absolute atomic E-state index is 0.0539. The molecule has 124 valence electrons. The van der Waals surface area contributed by atoms with E-state index in [1.54, 1.807) is 6.92 Å². The van der Waals surface area contributed by atoms with E-state index in [0.717, 1.165) is 22.7 Å². The summed E-state index contributed by atoms with van der Waals surface area (Å²) in [6.45, 7) is 7.60. The zero-order valence-corrected chi connectivity index (χ0v) is 14.3. The Morgan fingerprint density at radius 3 is 2.61 bits per heavy atom. The normalized spacial score (nSPS) is 13.6. The Labute approximate surface area is 138 Å². The predicted octanol–water partition coefficient (Wildman–Crippen LogP) is 2.48. The fourth-order valence-electron chi connectivity index (χ4n) is 2.40. The van der Waals surface area contributed by atoms with E-state index < -0.39 is 5.97 Å². The second-order valence-electron chi connectivity index (χ2n) is 5.58. The first-order valence-corrected chi connectivity index (χ1v) is 8.10. The highest BCUT2D eigenvalue weighted by Crippen LogP contribution is 2.21. The quantitative estimate of drug-likeness (QED) is 0.844. The van der Waals surface area contributed by atoms with Crippen LogP contribution in [0.4, 0.5) is 0 Å². The summed E-state index contributed by atoms with van der Waals surface area (Å²) >= 11 is 1.07. The summed E-state index contributed by atoms with van der Waals surface area (Å²) in [6.07, 6.45) is 1.60. The summed E-state index contributed by atoms with van der Waals surface area (Å²) in [6, 6.07) is 1.59. The molecule has 0 fully saturated rings. The molecule has 2 N–H and O–H groups in total. The number of carbonyl (C=O) groups is 2. The summed E-state index contributed by atoms with van der Waals surface area (Å²) in [5, 5.41) is 16.7. The number of nitrogens with one attached hydrogen (secondary N) is 1. The van der Waals surface area contributed by atoms with Crippen LogP contribution in [0.25, 0.3) is 0 Å². The lowest BCUT2D eigenvalue weighted by Crippen LogP contribution is -2.28. The molecule has 2 unspecified atom stereocenters. The highest BCUT2D eigenvalue weighted by atomic mass is 32.1. The van der Waals surface area contributed by atoms with Gasteiger partial charge >= 0.3 is 5.97 Å². The third-order valence-corrected chi connectivity index (χ3v) is 4.59. The maximum Gasteiger partial charge on any atom is 0.347 e. The molecule has 0 saturated carbocycles. The number of aryl methyl sites for hydroxylation is 2. The lowest BCUT2D eigenvalue weighted by Gasteiger charge is -2.16. The summed E-state index contributed by atoms with van der Waals surface area (Å²) < 4.78 is 1.84. The second-order valence-corrected chi connectivity index (χ2v) is 6.64. The number of hydrogen-bond donors (Lipinski definition) is 2. The number of thiazole rings is 1. The molecule has 0 bridgehead atoms. The minimum Gasteiger partial charge on any atom is -0.477 e. The lowest BCUT2D eigenvalue weighted by molar-refractivity contribution is -0.122. The second kappa shape index (κ2) is 6.91. The van der Waals surface area contributed by atoms with E-state index >= 15 is 0 Å². The Balaban J connectivity index is 1.95. The van der Waals surface area contributed by atoms with Crippen molar-refractivity contribution < 1.29 is 14.7 Å². The number of amides is 1. The molecular formula is C15H20N4O3S. The van der Waals surface area contributed by atoms with Crippen molar-refractivity contribution in [1.82, 2.24) is 20.1 Å². The van der Waals surface area contributed by atoms with Crippen LogP contribution in [0.5, 0.6) is 0 Å². The van der Waals surface area contributed by atoms with Crippen LogP contribution in [0.1, 0.15) is 58.4 Å². The summed E-state index contributed by atoms with van der Waals surface area (Å²) in [7, 11) is 0. The number of rotatable bonds is 6. The highest BCUT2D eigenvalue weighted by Gasteiger charge is 2.18. The molecule has 2 heterocycles. The molecule has 0 aliphatic rings. The fraction of sp³-hybridized carbons (Fsp3) is 0.467. The van der Waals surface area contributed by atoms with Crippen molar-refractivity contribution in [1.29, 1.82) is 0 Å². The molecule has 8 heteroatoms. The molecule has 0 aromatic carbocycles. The van der Waals surface area contributed by atoms with Gasteiger partial charge in [0.05, 0.1) is 24.0 Å². The van der Waals surface area contributed by atoms with E-state index in [-0.39, 0.29) is 22.9 Å². The Kier molecular flexibility index (Phi) is 5.15. The SMILES string of the molecule is Cc1cc(C)n(C(C)CC(=O)NC(C)c2ncc(C(=O)O)s2)n1. The lowest BCUT2D eigenvalue weighted by atomic mass is 10.2. The summed E-state index contributed by atoms with van der Waals surface area (Å²) in [5.74, 6) is -1.13. The van der Waals surface area contributed by atoms with Crippen LogP contribution < -0.4 is 5.32 Å². The number of carboxylic acids is 1. The third-order valence-electron chi connectivity index (χ3n) is 3.43. The van der Waals surface area contributed by atoms with Crippen molar-refractivity contribution in [3.8, 4) is 0 Å². The van der Waals surface area contributed by atoms with Crippen LogP contribution in [0.3, 0.4) is 0 Å². The van der Waals surface area contributed by atoms with Crippen molar-refractivity contribution >= 4 is 23.2 Å². The van der Waals surface area contributed by atoms with E-state index in [4.69, 9.17) is 5.11 Å². The van der Waals surface area contributed by atoms with Crippen LogP contribution in [0.2, 0.25) is 0 Å². The van der Waals surface area contributed by atoms with E-state index in [0.29, 0.717) is 11.4 Å². The minimum atomic E-state index is -1.01. The average Bonchev–Trinajstić information content (AvgIpc) is 3.05. The van der Waals surface area contributed by atoms with Gasteiger partial charge in [-0.05, 0) is 33.8 Å². The zero-order chi connectivity index (χ0) is 17.1. The highest BCUT2D eigenvalue weighted by molar-refractivity contribution is 7.13. The third kappa shape index (κ3) is 4.16. The molecule has 0 saturated heterocycles. The average molecular weight is 336 g/mol. The largest absolute Gasteiger partial charge is 0.477 e. The maximum absolute atomic E-state index is 12.2. The first kappa shape index (κ1) is 17.1. The fourth-order valence-corrected chi connectivity index (χ4v) is 3.16. The zero-order valence-electron chi connectivity index (χ0n) is 13.5. The number of hydrogen-bond acceptors (Lipinski definition) is 5. The van der Waals surface area contributed by atoms with Gasteiger partial charge in [0, 0.05) is 12.1 Å². The molecule has 0 radical (unpaired) electrons. The molecule has 7 nitrogen and oxygen atoms in total. The van der Waals surface area contributed by atoms with Crippen molar-refractivity contribution in [2.45, 2.75) is 46.2 Å². The van der Waals surface area contributed by atoms with Crippen molar-refractivity contribution in [2.75, 3.05) is 0 Å². The smallest absolute Gasteiger partial charge is 0.347 e. The van der Waals surface area contributed by atoms with Crippen LogP contribution >= 0.6 is 11.3 Å². The molecule has 2 atom stereocenters. The molecule has 2 aromatic rings. The van der Waals surface area contributed by atoms with Gasteiger partial charge in [-0.1, -0.05) is 0 Å². The standard InChI is InChI=1S/C15H20N4O3S/c1-8-5-9(2)19(18-8)10(3)6-13(20)17-11(4)14-16-7-12(23-14)15(21)22/h5,7,10-11H,6H2,1-4H3,(H,17,20)(H,21,22). The maximum atomic E-state index is 12.2. The van der Waals surface area contributed by atoms with Gasteiger partial charge in [-0.2, -0.15) is 5.10 Å². The topological polar surface area (TPSA) is 97.1 Å². The van der Waals surface area contributed by atoms with Gasteiger partial charge in [0.15, 0.2) is 0 Å². The van der Waals surface area contributed by atoms with E-state index in [1.165, 1.54) is 6.20 Å². The van der Waals surface area contributed by atoms with Crippen LogP contribution in [-0.4, -0.2) is 31.7 Å². The van der Waals surface area contributed by atoms with Crippen molar-refractivity contribution in [3.63, 3.8) is 0 Å². The molecular weight excluding hydrogens is 316 g/mol. The van der Waals surface area contributed by atoms with Gasteiger partial charge in [-0.25, -0.2) is 9.78 Å². The van der Waals surface area contributed by atoms with Gasteiger partial charge in [0.2, 0.25) is 5.91 Å². The monoisotopic (exact) mass is 336 g/mol. The summed E-state index contributed by atoms with van der Waals surface area (Å²) in [5.41, 5.74) is 1.94. The van der Waals surface area contributed by atoms with Crippen molar-refractivity contribution in [2.24, 2.45) is 0 Å². The Hall–Kier alpha value is -2.22. The molecule has 0 aliphatic carbocycles. The first-order valence-electron chi connectivity index (χ1n) is 7.29. The van der Waals surface area contributed by atoms with Crippen molar-refractivity contribution in [3.05, 3.63) is 33.5 Å². The molecule has 0 aliphatic heterocycles. The number of aromatic nitrogens is 3. The number of carbonyl (C=O) groups excluding carboxylic acids is 1. The van der Waals surface area contributed by atoms with Gasteiger partial charge < -0.3 is 10.4 Å². The number of carboxylic acid groups (broad SMARTS) is 1. The van der Waals surface area contributed by atoms with Gasteiger partial charge in [0.1, 0.15) is 9.88 Å². The molecule has 1 amide bonds. The van der Waals surface area contributed by atoms with E-state index in [9.17, 15) is 9.59 Å². The van der Waals surface area contributed by atoms with E-state index in [1.807, 2.05) is 31.5 Å². The van der Waals surface area contributed by atoms with Gasteiger partial charge in [0.25, 0.3) is 0 Å². The van der Waals surface area contributed by atoms with E-state index in [2.05, 4.69) is 15.4 Å². The van der Waals surface area contributed by atoms with Crippen LogP contribution in [0.15, 0.2) is 12.3 Å². The van der Waals surface area contributed by atoms with Gasteiger partial charge in [-0.15, -0.1) is 11.3 Å². The number of nitrogens with zero attached hydrogens (tertiary/aromatic N) is 3. The Morgan fingerprint density at radius 1 is 1.39 bits per heavy atom. The molecule has 2 aromatic heterocycles. The van der Waals surface area contributed by atoms with Gasteiger partial charge in [-0.3, -0.25) is 9.48 Å². The first-order chi connectivity index (χ1) is 10.8. The summed E-state index contributed by atoms with van der Waals surface area (Å²) in [4.78, 5) is 27.3. The molecule has 0 spiro atoms. The molecule has 23 heavy (non-hydrogen) atoms. The van der Waals surface area contributed by atoms with Crippen LogP contribution in [0, 0.1) is 13.8 Å². The number of aromatic carboxylic acids is 1. The predicted molar refractivity (Wildman–Crippen MR) is 86.7 cm³/mol. The Morgan fingerprint density at radius 2 is 2.09 bits per heavy atom.